The van der Waals surface area contributed by atoms with Crippen molar-refractivity contribution in [3.05, 3.63) is 45.9 Å². The number of hydrogen-bond donors (Lipinski definition) is 0. The number of aromatic nitrogens is 3. The molecule has 0 radical (unpaired) electrons. The van der Waals surface area contributed by atoms with Crippen molar-refractivity contribution in [2.75, 3.05) is 6.26 Å². The summed E-state index contributed by atoms with van der Waals surface area (Å²) in [6.07, 6.45) is -2.20. The lowest BCUT2D eigenvalue weighted by molar-refractivity contribution is 0.145. The van der Waals surface area contributed by atoms with Gasteiger partial charge in [0.1, 0.15) is 27.9 Å². The lowest BCUT2D eigenvalue weighted by Gasteiger charge is -2.09. The molecule has 1 aromatic carbocycles. The summed E-state index contributed by atoms with van der Waals surface area (Å²) in [5.74, 6) is -2.33. The van der Waals surface area contributed by atoms with Crippen LogP contribution in [0.3, 0.4) is 0 Å². The van der Waals surface area contributed by atoms with Crippen LogP contribution in [0.25, 0.3) is 17.1 Å². The van der Waals surface area contributed by atoms with Crippen molar-refractivity contribution in [3.63, 3.8) is 0 Å². The second-order valence-corrected chi connectivity index (χ2v) is 8.47. The minimum Gasteiger partial charge on any atom is -0.240 e. The first-order chi connectivity index (χ1) is 12.1. The highest BCUT2D eigenvalue weighted by Crippen LogP contribution is 2.31. The van der Waals surface area contributed by atoms with Crippen molar-refractivity contribution in [1.82, 2.24) is 14.8 Å². The Hall–Kier alpha value is -2.27. The highest BCUT2D eigenvalue weighted by molar-refractivity contribution is 7.90. The van der Waals surface area contributed by atoms with Crippen LogP contribution in [0.1, 0.15) is 17.1 Å². The molecular formula is C15H11F4N3O2S2. The number of benzene rings is 1. The Bertz CT molecular complexity index is 1090. The quantitative estimate of drug-likeness (QED) is 0.617. The molecule has 0 aliphatic heterocycles. The standard InChI is InChI=1S/C15H11F4N3O2S2/c1-7-20-11(6-25-7)13-5-10(15(18)19)21-22(13)12-3-9(17)14(4-8(12)16)26(2,23)24/h3-6,15H,1-2H3. The Balaban J connectivity index is 2.25. The van der Waals surface area contributed by atoms with Crippen LogP contribution in [0.5, 0.6) is 0 Å². The zero-order valence-corrected chi connectivity index (χ0v) is 15.0. The van der Waals surface area contributed by atoms with Gasteiger partial charge in [-0.05, 0) is 19.1 Å². The number of nitrogens with zero attached hydrogens (tertiary/aromatic N) is 3. The Morgan fingerprint density at radius 2 is 1.85 bits per heavy atom. The third-order valence-electron chi connectivity index (χ3n) is 3.46. The molecule has 0 amide bonds. The molecule has 0 bridgehead atoms. The van der Waals surface area contributed by atoms with E-state index in [0.717, 1.165) is 17.0 Å². The first-order valence-corrected chi connectivity index (χ1v) is 9.85. The number of sulfone groups is 1. The SMILES string of the molecule is Cc1nc(-c2cc(C(F)F)nn2-c2cc(F)c(S(C)(=O)=O)cc2F)cs1. The molecule has 0 aliphatic carbocycles. The van der Waals surface area contributed by atoms with Crippen LogP contribution in [-0.2, 0) is 9.84 Å². The molecule has 0 N–H and O–H groups in total. The summed E-state index contributed by atoms with van der Waals surface area (Å²) in [6, 6.07) is 2.14. The Labute approximate surface area is 149 Å². The zero-order chi connectivity index (χ0) is 19.2. The lowest BCUT2D eigenvalue weighted by atomic mass is 10.2. The van der Waals surface area contributed by atoms with Crippen LogP contribution in [0, 0.1) is 18.6 Å². The zero-order valence-electron chi connectivity index (χ0n) is 13.4. The molecule has 3 rings (SSSR count). The monoisotopic (exact) mass is 405 g/mol. The molecule has 0 aliphatic rings. The number of aryl methyl sites for hydroxylation is 1. The summed E-state index contributed by atoms with van der Waals surface area (Å²) in [5.41, 5.74) is -0.839. The molecule has 11 heteroatoms. The van der Waals surface area contributed by atoms with E-state index in [1.807, 2.05) is 0 Å². The highest BCUT2D eigenvalue weighted by atomic mass is 32.2. The van der Waals surface area contributed by atoms with Crippen molar-refractivity contribution in [2.24, 2.45) is 0 Å². The minimum absolute atomic E-state index is 0.0371. The van der Waals surface area contributed by atoms with Crippen molar-refractivity contribution in [1.29, 1.82) is 0 Å². The maximum absolute atomic E-state index is 14.5. The minimum atomic E-state index is -4.00. The number of hydrogen-bond acceptors (Lipinski definition) is 5. The normalized spacial score (nSPS) is 12.1. The van der Waals surface area contributed by atoms with Crippen molar-refractivity contribution < 1.29 is 26.0 Å². The fourth-order valence-electron chi connectivity index (χ4n) is 2.32. The van der Waals surface area contributed by atoms with Crippen LogP contribution in [0.4, 0.5) is 17.6 Å². The van der Waals surface area contributed by atoms with Gasteiger partial charge in [0.15, 0.2) is 9.84 Å². The van der Waals surface area contributed by atoms with E-state index >= 15 is 0 Å². The van der Waals surface area contributed by atoms with Gasteiger partial charge in [0, 0.05) is 17.7 Å². The van der Waals surface area contributed by atoms with Crippen LogP contribution in [-0.4, -0.2) is 29.4 Å². The van der Waals surface area contributed by atoms with E-state index in [4.69, 9.17) is 0 Å². The van der Waals surface area contributed by atoms with E-state index in [9.17, 15) is 26.0 Å². The first kappa shape index (κ1) is 18.5. The maximum Gasteiger partial charge on any atom is 0.282 e. The van der Waals surface area contributed by atoms with Gasteiger partial charge in [-0.25, -0.2) is 35.6 Å². The second-order valence-electron chi connectivity index (χ2n) is 5.42. The molecule has 0 atom stereocenters. The van der Waals surface area contributed by atoms with Crippen LogP contribution in [0.2, 0.25) is 0 Å². The molecule has 138 valence electrons. The highest BCUT2D eigenvalue weighted by Gasteiger charge is 2.24. The van der Waals surface area contributed by atoms with E-state index in [2.05, 4.69) is 10.1 Å². The van der Waals surface area contributed by atoms with Crippen molar-refractivity contribution >= 4 is 21.2 Å². The molecule has 0 saturated carbocycles. The third-order valence-corrected chi connectivity index (χ3v) is 5.35. The summed E-state index contributed by atoms with van der Waals surface area (Å²) in [4.78, 5) is 3.32. The summed E-state index contributed by atoms with van der Waals surface area (Å²) in [6.45, 7) is 1.70. The van der Waals surface area contributed by atoms with E-state index in [1.54, 1.807) is 12.3 Å². The molecule has 3 aromatic rings. The average Bonchev–Trinajstić information content (AvgIpc) is 3.14. The van der Waals surface area contributed by atoms with Crippen LogP contribution in [0.15, 0.2) is 28.5 Å². The van der Waals surface area contributed by atoms with Gasteiger partial charge in [-0.2, -0.15) is 5.10 Å². The van der Waals surface area contributed by atoms with E-state index < -0.39 is 44.2 Å². The van der Waals surface area contributed by atoms with Crippen LogP contribution >= 0.6 is 11.3 Å². The van der Waals surface area contributed by atoms with Gasteiger partial charge in [0.25, 0.3) is 6.43 Å². The molecule has 2 heterocycles. The average molecular weight is 405 g/mol. The molecular weight excluding hydrogens is 394 g/mol. The topological polar surface area (TPSA) is 64.8 Å². The fourth-order valence-corrected chi connectivity index (χ4v) is 3.66. The van der Waals surface area contributed by atoms with E-state index in [-0.39, 0.29) is 11.4 Å². The van der Waals surface area contributed by atoms with Gasteiger partial charge in [0.2, 0.25) is 0 Å². The first-order valence-electron chi connectivity index (χ1n) is 7.08. The van der Waals surface area contributed by atoms with Crippen molar-refractivity contribution in [3.8, 4) is 17.1 Å². The molecule has 5 nitrogen and oxygen atoms in total. The lowest BCUT2D eigenvalue weighted by Crippen LogP contribution is -2.08. The molecule has 0 saturated heterocycles. The second kappa shape index (κ2) is 6.47. The predicted octanol–water partition coefficient (Wildman–Crippen LogP) is 3.92. The molecule has 2 aromatic heterocycles. The Morgan fingerprint density at radius 3 is 2.38 bits per heavy atom. The smallest absolute Gasteiger partial charge is 0.240 e. The largest absolute Gasteiger partial charge is 0.282 e. The molecule has 0 spiro atoms. The number of halogens is 4. The van der Waals surface area contributed by atoms with Gasteiger partial charge in [-0.3, -0.25) is 0 Å². The number of thiazole rings is 1. The molecule has 26 heavy (non-hydrogen) atoms. The van der Waals surface area contributed by atoms with Gasteiger partial charge in [-0.15, -0.1) is 11.3 Å². The Morgan fingerprint density at radius 1 is 1.15 bits per heavy atom. The van der Waals surface area contributed by atoms with Gasteiger partial charge < -0.3 is 0 Å². The Kier molecular flexibility index (Phi) is 4.61. The fraction of sp³-hybridized carbons (Fsp3) is 0.200. The summed E-state index contributed by atoms with van der Waals surface area (Å²) < 4.78 is 78.5. The van der Waals surface area contributed by atoms with Crippen LogP contribution < -0.4 is 0 Å². The molecule has 0 fully saturated rings. The van der Waals surface area contributed by atoms with Gasteiger partial charge >= 0.3 is 0 Å². The molecule has 0 unspecified atom stereocenters. The van der Waals surface area contributed by atoms with Gasteiger partial charge in [0.05, 0.1) is 16.4 Å². The predicted molar refractivity (Wildman–Crippen MR) is 87.4 cm³/mol. The number of rotatable bonds is 4. The van der Waals surface area contributed by atoms with E-state index in [1.165, 1.54) is 11.3 Å². The summed E-state index contributed by atoms with van der Waals surface area (Å²) in [7, 11) is -4.00. The van der Waals surface area contributed by atoms with Gasteiger partial charge in [-0.1, -0.05) is 0 Å². The third kappa shape index (κ3) is 3.36. The summed E-state index contributed by atoms with van der Waals surface area (Å²) >= 11 is 1.25. The van der Waals surface area contributed by atoms with E-state index in [0.29, 0.717) is 17.1 Å². The maximum atomic E-state index is 14.5. The van der Waals surface area contributed by atoms with Crippen molar-refractivity contribution in [2.45, 2.75) is 18.2 Å². The summed E-state index contributed by atoms with van der Waals surface area (Å²) in [5, 5.41) is 5.85. The number of alkyl halides is 2.